The molecular formula is C22H21ClN2O3. The van der Waals surface area contributed by atoms with Crippen molar-refractivity contribution in [1.82, 2.24) is 0 Å². The van der Waals surface area contributed by atoms with Crippen molar-refractivity contribution in [2.45, 2.75) is 39.0 Å². The lowest BCUT2D eigenvalue weighted by Gasteiger charge is -2.21. The number of amides is 3. The molecule has 1 aliphatic heterocycles. The lowest BCUT2D eigenvalue weighted by atomic mass is 9.88. The molecule has 1 saturated carbocycles. The summed E-state index contributed by atoms with van der Waals surface area (Å²) < 4.78 is 0. The second kappa shape index (κ2) is 7.40. The quantitative estimate of drug-likeness (QED) is 0.745. The number of hydrogen-bond donors (Lipinski definition) is 1. The van der Waals surface area contributed by atoms with Crippen LogP contribution in [0.25, 0.3) is 0 Å². The van der Waals surface area contributed by atoms with E-state index in [-0.39, 0.29) is 28.3 Å². The highest BCUT2D eigenvalue weighted by Crippen LogP contribution is 2.35. The Bertz CT molecular complexity index is 980. The predicted molar refractivity (Wildman–Crippen MR) is 109 cm³/mol. The van der Waals surface area contributed by atoms with Crippen LogP contribution in [0.15, 0.2) is 36.4 Å². The molecule has 2 aliphatic rings. The highest BCUT2D eigenvalue weighted by atomic mass is 35.5. The largest absolute Gasteiger partial charge is 0.326 e. The number of benzene rings is 2. The van der Waals surface area contributed by atoms with Crippen LogP contribution >= 0.6 is 11.6 Å². The number of nitrogens with zero attached hydrogens (tertiary/aromatic N) is 1. The van der Waals surface area contributed by atoms with Crippen molar-refractivity contribution in [2.24, 2.45) is 5.92 Å². The fourth-order valence-corrected chi connectivity index (χ4v) is 4.31. The van der Waals surface area contributed by atoms with Gasteiger partial charge in [-0.1, -0.05) is 36.9 Å². The summed E-state index contributed by atoms with van der Waals surface area (Å²) in [6, 6.07) is 10.1. The third-order valence-corrected chi connectivity index (χ3v) is 5.86. The molecule has 0 unspecified atom stereocenters. The first-order valence-electron chi connectivity index (χ1n) is 9.56. The second-order valence-electron chi connectivity index (χ2n) is 7.43. The van der Waals surface area contributed by atoms with Gasteiger partial charge in [-0.25, -0.2) is 4.90 Å². The fourth-order valence-electron chi connectivity index (χ4n) is 4.06. The lowest BCUT2D eigenvalue weighted by Crippen LogP contribution is -2.30. The van der Waals surface area contributed by atoms with Gasteiger partial charge >= 0.3 is 0 Å². The summed E-state index contributed by atoms with van der Waals surface area (Å²) in [4.78, 5) is 39.2. The van der Waals surface area contributed by atoms with Gasteiger partial charge in [0.1, 0.15) is 0 Å². The van der Waals surface area contributed by atoms with E-state index in [9.17, 15) is 14.4 Å². The molecule has 144 valence electrons. The molecule has 0 bridgehead atoms. The van der Waals surface area contributed by atoms with Gasteiger partial charge in [-0.05, 0) is 55.7 Å². The van der Waals surface area contributed by atoms with E-state index in [1.165, 1.54) is 6.42 Å². The summed E-state index contributed by atoms with van der Waals surface area (Å²) in [6.07, 6.45) is 5.25. The van der Waals surface area contributed by atoms with Crippen molar-refractivity contribution in [2.75, 3.05) is 10.2 Å². The van der Waals surface area contributed by atoms with Gasteiger partial charge in [0.2, 0.25) is 5.91 Å². The highest BCUT2D eigenvalue weighted by molar-refractivity contribution is 6.42. The van der Waals surface area contributed by atoms with Crippen LogP contribution in [0.1, 0.15) is 58.4 Å². The molecule has 0 spiro atoms. The van der Waals surface area contributed by atoms with Crippen molar-refractivity contribution in [1.29, 1.82) is 0 Å². The Labute approximate surface area is 168 Å². The number of fused-ring (bicyclic) bond motifs is 1. The van der Waals surface area contributed by atoms with E-state index in [0.717, 1.165) is 36.1 Å². The van der Waals surface area contributed by atoms with Gasteiger partial charge in [0.25, 0.3) is 11.8 Å². The first-order valence-corrected chi connectivity index (χ1v) is 9.94. The second-order valence-corrected chi connectivity index (χ2v) is 7.84. The van der Waals surface area contributed by atoms with Crippen molar-refractivity contribution >= 4 is 40.7 Å². The molecule has 0 radical (unpaired) electrons. The molecular weight excluding hydrogens is 376 g/mol. The summed E-state index contributed by atoms with van der Waals surface area (Å²) in [5.41, 5.74) is 2.45. The van der Waals surface area contributed by atoms with E-state index in [1.54, 1.807) is 36.4 Å². The number of carbonyl (C=O) groups is 3. The number of hydrogen-bond acceptors (Lipinski definition) is 3. The minimum atomic E-state index is -0.423. The number of anilines is 2. The number of halogens is 1. The average Bonchev–Trinajstić information content (AvgIpc) is 2.94. The van der Waals surface area contributed by atoms with Crippen LogP contribution in [0.3, 0.4) is 0 Å². The molecule has 6 heteroatoms. The van der Waals surface area contributed by atoms with Gasteiger partial charge in [-0.15, -0.1) is 0 Å². The van der Waals surface area contributed by atoms with Gasteiger partial charge in [0.15, 0.2) is 0 Å². The van der Waals surface area contributed by atoms with Crippen LogP contribution in [0.4, 0.5) is 11.4 Å². The van der Waals surface area contributed by atoms with Crippen molar-refractivity contribution in [3.05, 3.63) is 58.1 Å². The van der Waals surface area contributed by atoms with Crippen LogP contribution in [-0.2, 0) is 4.79 Å². The SMILES string of the molecule is Cc1cc(NC(=O)C2CCCCC2)ccc1N1C(=O)c2cccc(Cl)c2C1=O. The number of rotatable bonds is 3. The van der Waals surface area contributed by atoms with Crippen LogP contribution < -0.4 is 10.2 Å². The summed E-state index contributed by atoms with van der Waals surface area (Å²) in [5.74, 6) is -0.705. The van der Waals surface area contributed by atoms with E-state index >= 15 is 0 Å². The molecule has 2 aromatic rings. The summed E-state index contributed by atoms with van der Waals surface area (Å²) in [6.45, 7) is 1.82. The Balaban J connectivity index is 1.57. The zero-order valence-corrected chi connectivity index (χ0v) is 16.4. The van der Waals surface area contributed by atoms with E-state index in [2.05, 4.69) is 5.32 Å². The zero-order valence-electron chi connectivity index (χ0n) is 15.6. The van der Waals surface area contributed by atoms with Gasteiger partial charge in [-0.2, -0.15) is 0 Å². The normalized spacial score (nSPS) is 17.0. The van der Waals surface area contributed by atoms with E-state index < -0.39 is 5.91 Å². The van der Waals surface area contributed by atoms with Crippen molar-refractivity contribution < 1.29 is 14.4 Å². The van der Waals surface area contributed by atoms with E-state index in [1.807, 2.05) is 6.92 Å². The third kappa shape index (κ3) is 3.20. The number of aryl methyl sites for hydroxylation is 1. The summed E-state index contributed by atoms with van der Waals surface area (Å²) in [5, 5.41) is 3.24. The molecule has 2 aromatic carbocycles. The van der Waals surface area contributed by atoms with Crippen LogP contribution in [-0.4, -0.2) is 17.7 Å². The van der Waals surface area contributed by atoms with Crippen molar-refractivity contribution in [3.8, 4) is 0 Å². The van der Waals surface area contributed by atoms with Crippen molar-refractivity contribution in [3.63, 3.8) is 0 Å². The maximum absolute atomic E-state index is 12.8. The zero-order chi connectivity index (χ0) is 19.8. The van der Waals surface area contributed by atoms with Crippen LogP contribution in [0, 0.1) is 12.8 Å². The molecule has 0 atom stereocenters. The average molecular weight is 397 g/mol. The molecule has 1 N–H and O–H groups in total. The van der Waals surface area contributed by atoms with Gasteiger partial charge in [0, 0.05) is 11.6 Å². The fraction of sp³-hybridized carbons (Fsp3) is 0.318. The standard InChI is InChI=1S/C22H21ClN2O3/c1-13-12-15(24-20(26)14-6-3-2-4-7-14)10-11-18(13)25-21(27)16-8-5-9-17(23)19(16)22(25)28/h5,8-12,14H,2-4,6-7H2,1H3,(H,24,26). The first kappa shape index (κ1) is 18.7. The monoisotopic (exact) mass is 396 g/mol. The van der Waals surface area contributed by atoms with Gasteiger partial charge < -0.3 is 5.32 Å². The molecule has 3 amide bonds. The molecule has 1 aliphatic carbocycles. The highest BCUT2D eigenvalue weighted by Gasteiger charge is 2.38. The molecule has 4 rings (SSSR count). The third-order valence-electron chi connectivity index (χ3n) is 5.55. The smallest absolute Gasteiger partial charge is 0.267 e. The number of nitrogens with one attached hydrogen (secondary N) is 1. The molecule has 0 aromatic heterocycles. The Kier molecular flexibility index (Phi) is 4.94. The Morgan fingerprint density at radius 2 is 1.82 bits per heavy atom. The number of imide groups is 1. The van der Waals surface area contributed by atoms with Crippen LogP contribution in [0.5, 0.6) is 0 Å². The minimum Gasteiger partial charge on any atom is -0.326 e. The maximum atomic E-state index is 12.8. The lowest BCUT2D eigenvalue weighted by molar-refractivity contribution is -0.120. The van der Waals surface area contributed by atoms with E-state index in [4.69, 9.17) is 11.6 Å². The minimum absolute atomic E-state index is 0.0411. The molecule has 1 heterocycles. The molecule has 1 fully saturated rings. The maximum Gasteiger partial charge on any atom is 0.267 e. The summed E-state index contributed by atoms with van der Waals surface area (Å²) >= 11 is 6.13. The predicted octanol–water partition coefficient (Wildman–Crippen LogP) is 4.97. The number of carbonyl (C=O) groups excluding carboxylic acids is 3. The summed E-state index contributed by atoms with van der Waals surface area (Å²) in [7, 11) is 0. The Morgan fingerprint density at radius 1 is 1.07 bits per heavy atom. The van der Waals surface area contributed by atoms with Gasteiger partial charge in [0.05, 0.1) is 21.8 Å². The van der Waals surface area contributed by atoms with Crippen LogP contribution in [0.2, 0.25) is 5.02 Å². The first-order chi connectivity index (χ1) is 13.5. The van der Waals surface area contributed by atoms with Gasteiger partial charge in [-0.3, -0.25) is 14.4 Å². The molecule has 0 saturated heterocycles. The topological polar surface area (TPSA) is 66.5 Å². The molecule has 28 heavy (non-hydrogen) atoms. The molecule has 5 nitrogen and oxygen atoms in total. The Hall–Kier alpha value is -2.66. The van der Waals surface area contributed by atoms with E-state index in [0.29, 0.717) is 16.9 Å². The Morgan fingerprint density at radius 3 is 2.50 bits per heavy atom.